The molecule has 2 unspecified atom stereocenters. The van der Waals surface area contributed by atoms with E-state index in [0.29, 0.717) is 50.8 Å². The molecule has 1 heterocycles. The van der Waals surface area contributed by atoms with Gasteiger partial charge in [0.15, 0.2) is 0 Å². The lowest BCUT2D eigenvalue weighted by molar-refractivity contribution is -0.757. The van der Waals surface area contributed by atoms with E-state index in [1.165, 1.54) is 23.6 Å². The van der Waals surface area contributed by atoms with Gasteiger partial charge in [0.25, 0.3) is 5.09 Å². The van der Waals surface area contributed by atoms with Crippen LogP contribution in [0.1, 0.15) is 62.9 Å². The standard InChI is InChI=1S/C33H43N3O9S2/c1-24(43-32(38)27(19-23-46-3)34-31(37)17-6-4-5-9-21-42-36(40)41)44-33(39)35(2)20-18-29(30-16-11-22-47-30)45-28-15-10-13-25-12-7-8-14-26(25)28/h7-8,10-16,22,24,27,29H,4-6,9,17-21,23H2,1-3H3,(H,34,37)/t24?,27?,29-/m0/s1. The summed E-state index contributed by atoms with van der Waals surface area (Å²) in [7, 11) is 1.61. The van der Waals surface area contributed by atoms with E-state index in [-0.39, 0.29) is 25.0 Å². The van der Waals surface area contributed by atoms with Crippen LogP contribution in [0.4, 0.5) is 4.79 Å². The lowest BCUT2D eigenvalue weighted by atomic mass is 10.1. The summed E-state index contributed by atoms with van der Waals surface area (Å²) in [6.07, 6.45) is 3.27. The quantitative estimate of drug-likeness (QED) is 0.0418. The molecule has 3 atom stereocenters. The highest BCUT2D eigenvalue weighted by Crippen LogP contribution is 2.33. The predicted molar refractivity (Wildman–Crippen MR) is 182 cm³/mol. The number of amides is 2. The number of thiophene rings is 1. The number of nitrogens with zero attached hydrogens (tertiary/aromatic N) is 2. The Morgan fingerprint density at radius 3 is 2.51 bits per heavy atom. The average molecular weight is 690 g/mol. The van der Waals surface area contributed by atoms with E-state index in [4.69, 9.17) is 14.2 Å². The van der Waals surface area contributed by atoms with Gasteiger partial charge in [0.2, 0.25) is 12.2 Å². The highest BCUT2D eigenvalue weighted by molar-refractivity contribution is 7.98. The molecule has 0 aliphatic rings. The molecule has 0 aliphatic carbocycles. The number of nitrogens with one attached hydrogen (secondary N) is 1. The van der Waals surface area contributed by atoms with Crippen LogP contribution in [0.3, 0.4) is 0 Å². The number of hydrogen-bond acceptors (Lipinski definition) is 11. The molecule has 0 radical (unpaired) electrons. The predicted octanol–water partition coefficient (Wildman–Crippen LogP) is 6.77. The molecule has 1 N–H and O–H groups in total. The maximum atomic E-state index is 12.9. The Morgan fingerprint density at radius 1 is 1.00 bits per heavy atom. The van der Waals surface area contributed by atoms with Crippen LogP contribution in [0.5, 0.6) is 5.75 Å². The first-order valence-corrected chi connectivity index (χ1v) is 17.8. The van der Waals surface area contributed by atoms with E-state index >= 15 is 0 Å². The van der Waals surface area contributed by atoms with Crippen LogP contribution in [0, 0.1) is 10.1 Å². The molecule has 14 heteroatoms. The number of carbonyl (C=O) groups is 3. The average Bonchev–Trinajstić information content (AvgIpc) is 3.59. The third-order valence-corrected chi connectivity index (χ3v) is 8.80. The molecule has 12 nitrogen and oxygen atoms in total. The lowest BCUT2D eigenvalue weighted by Crippen LogP contribution is -2.44. The number of carbonyl (C=O) groups excluding carboxylic acids is 3. The van der Waals surface area contributed by atoms with E-state index in [2.05, 4.69) is 10.2 Å². The molecule has 2 aromatic carbocycles. The molecular weight excluding hydrogens is 647 g/mol. The molecular formula is C33H43N3O9S2. The number of ether oxygens (including phenoxy) is 3. The van der Waals surface area contributed by atoms with Crippen molar-refractivity contribution in [3.63, 3.8) is 0 Å². The molecule has 3 aromatic rings. The van der Waals surface area contributed by atoms with Gasteiger partial charge in [-0.15, -0.1) is 21.5 Å². The zero-order valence-corrected chi connectivity index (χ0v) is 28.6. The van der Waals surface area contributed by atoms with Crippen LogP contribution < -0.4 is 10.1 Å². The van der Waals surface area contributed by atoms with Gasteiger partial charge in [0, 0.05) is 43.6 Å². The van der Waals surface area contributed by atoms with Gasteiger partial charge in [-0.25, -0.2) is 9.59 Å². The van der Waals surface area contributed by atoms with Gasteiger partial charge in [0.05, 0.1) is 6.61 Å². The van der Waals surface area contributed by atoms with Gasteiger partial charge in [-0.3, -0.25) is 4.79 Å². The number of fused-ring (bicyclic) bond motifs is 1. The van der Waals surface area contributed by atoms with Gasteiger partial charge in [-0.2, -0.15) is 11.8 Å². The third-order valence-electron chi connectivity index (χ3n) is 7.19. The minimum Gasteiger partial charge on any atom is -0.484 e. The minimum absolute atomic E-state index is 0.0241. The monoisotopic (exact) mass is 689 g/mol. The highest BCUT2D eigenvalue weighted by atomic mass is 32.2. The number of unbranched alkanes of at least 4 members (excludes halogenated alkanes) is 3. The zero-order valence-electron chi connectivity index (χ0n) is 27.0. The van der Waals surface area contributed by atoms with Crippen molar-refractivity contribution in [3.05, 3.63) is 75.0 Å². The van der Waals surface area contributed by atoms with Crippen molar-refractivity contribution in [2.75, 3.05) is 32.2 Å². The Kier molecular flexibility index (Phi) is 16.1. The molecule has 47 heavy (non-hydrogen) atoms. The molecule has 0 bridgehead atoms. The van der Waals surface area contributed by atoms with Crippen molar-refractivity contribution >= 4 is 51.8 Å². The van der Waals surface area contributed by atoms with Gasteiger partial charge in [-0.05, 0) is 54.2 Å². The van der Waals surface area contributed by atoms with Crippen LogP contribution in [-0.2, 0) is 23.9 Å². The molecule has 0 fully saturated rings. The van der Waals surface area contributed by atoms with Crippen molar-refractivity contribution in [1.82, 2.24) is 10.2 Å². The first-order valence-electron chi connectivity index (χ1n) is 15.5. The summed E-state index contributed by atoms with van der Waals surface area (Å²) in [4.78, 5) is 55.2. The van der Waals surface area contributed by atoms with Crippen LogP contribution in [0.2, 0.25) is 0 Å². The fourth-order valence-electron chi connectivity index (χ4n) is 4.72. The minimum atomic E-state index is -1.17. The molecule has 2 amide bonds. The van der Waals surface area contributed by atoms with Crippen LogP contribution in [0.25, 0.3) is 10.8 Å². The summed E-state index contributed by atoms with van der Waals surface area (Å²) in [6, 6.07) is 17.0. The summed E-state index contributed by atoms with van der Waals surface area (Å²) < 4.78 is 17.3. The third kappa shape index (κ3) is 13.3. The molecule has 0 aliphatic heterocycles. The molecule has 0 saturated carbocycles. The lowest BCUT2D eigenvalue weighted by Gasteiger charge is -2.25. The van der Waals surface area contributed by atoms with Crippen LogP contribution in [-0.4, -0.2) is 72.5 Å². The second-order valence-electron chi connectivity index (χ2n) is 10.8. The highest BCUT2D eigenvalue weighted by Gasteiger charge is 2.26. The summed E-state index contributed by atoms with van der Waals surface area (Å²) >= 11 is 3.11. The maximum absolute atomic E-state index is 12.9. The fraction of sp³-hybridized carbons (Fsp3) is 0.485. The van der Waals surface area contributed by atoms with E-state index in [9.17, 15) is 24.5 Å². The summed E-state index contributed by atoms with van der Waals surface area (Å²) in [6.45, 7) is 1.80. The Morgan fingerprint density at radius 2 is 1.77 bits per heavy atom. The Hall–Kier alpha value is -4.04. The van der Waals surface area contributed by atoms with Crippen LogP contribution >= 0.6 is 23.1 Å². The number of benzene rings is 2. The van der Waals surface area contributed by atoms with Gasteiger partial charge < -0.3 is 29.3 Å². The fourth-order valence-corrected chi connectivity index (χ4v) is 5.98. The molecule has 0 spiro atoms. The first kappa shape index (κ1) is 37.4. The topological polar surface area (TPSA) is 147 Å². The van der Waals surface area contributed by atoms with Crippen molar-refractivity contribution in [3.8, 4) is 5.75 Å². The largest absolute Gasteiger partial charge is 0.484 e. The van der Waals surface area contributed by atoms with Crippen molar-refractivity contribution < 1.29 is 38.5 Å². The Balaban J connectivity index is 1.47. The summed E-state index contributed by atoms with van der Waals surface area (Å²) in [5.41, 5.74) is 0. The maximum Gasteiger partial charge on any atom is 0.412 e. The normalized spacial score (nSPS) is 12.8. The van der Waals surface area contributed by atoms with E-state index in [1.54, 1.807) is 18.4 Å². The first-order chi connectivity index (χ1) is 22.7. The number of hydrogen-bond donors (Lipinski definition) is 1. The summed E-state index contributed by atoms with van der Waals surface area (Å²) in [5, 5.41) is 16.1. The molecule has 3 rings (SSSR count). The van der Waals surface area contributed by atoms with Gasteiger partial charge >= 0.3 is 12.1 Å². The molecule has 256 valence electrons. The van der Waals surface area contributed by atoms with Crippen LogP contribution in [0.15, 0.2) is 60.0 Å². The number of rotatable bonds is 21. The second kappa shape index (κ2) is 20.3. The Bertz CT molecular complexity index is 1420. The SMILES string of the molecule is CSCCC(NC(=O)CCCCCCO[N+](=O)[O-])C(=O)OC(C)OC(=O)N(C)CC[C@H](Oc1cccc2ccccc12)c1cccs1. The number of thioether (sulfide) groups is 1. The molecule has 0 saturated heterocycles. The van der Waals surface area contributed by atoms with Crippen molar-refractivity contribution in [1.29, 1.82) is 0 Å². The Labute approximate surface area is 283 Å². The second-order valence-corrected chi connectivity index (χ2v) is 12.8. The van der Waals surface area contributed by atoms with E-state index in [0.717, 1.165) is 21.4 Å². The van der Waals surface area contributed by atoms with Crippen molar-refractivity contribution in [2.24, 2.45) is 0 Å². The number of esters is 1. The van der Waals surface area contributed by atoms with E-state index < -0.39 is 29.5 Å². The van der Waals surface area contributed by atoms with Gasteiger partial charge in [0.1, 0.15) is 17.9 Å². The molecule has 1 aromatic heterocycles. The smallest absolute Gasteiger partial charge is 0.412 e. The summed E-state index contributed by atoms with van der Waals surface area (Å²) in [5.74, 6) is 0.383. The zero-order chi connectivity index (χ0) is 34.0. The van der Waals surface area contributed by atoms with E-state index in [1.807, 2.05) is 66.2 Å². The van der Waals surface area contributed by atoms with Gasteiger partial charge in [-0.1, -0.05) is 55.3 Å². The van der Waals surface area contributed by atoms with Crippen molar-refractivity contribution in [2.45, 2.75) is 70.3 Å².